The van der Waals surface area contributed by atoms with Gasteiger partial charge in [-0.3, -0.25) is 0 Å². The summed E-state index contributed by atoms with van der Waals surface area (Å²) in [5.41, 5.74) is 5.74. The van der Waals surface area contributed by atoms with Crippen molar-refractivity contribution in [1.29, 1.82) is 0 Å². The number of rotatable bonds is 2. The van der Waals surface area contributed by atoms with E-state index in [1.807, 2.05) is 0 Å². The molecule has 1 heterocycles. The van der Waals surface area contributed by atoms with E-state index in [9.17, 15) is 0 Å². The van der Waals surface area contributed by atoms with E-state index in [0.29, 0.717) is 0 Å². The Kier molecular flexibility index (Phi) is 1.55. The molecule has 1 aliphatic heterocycles. The summed E-state index contributed by atoms with van der Waals surface area (Å²) in [6.45, 7) is 7.83. The maximum Gasteiger partial charge on any atom is 0.137 e. The van der Waals surface area contributed by atoms with Crippen molar-refractivity contribution in [3.8, 4) is 0 Å². The van der Waals surface area contributed by atoms with Crippen LogP contribution in [-0.4, -0.2) is 8.07 Å². The zero-order chi connectivity index (χ0) is 8.60. The van der Waals surface area contributed by atoms with Crippen molar-refractivity contribution >= 4 is 13.3 Å². The highest BCUT2D eigenvalue weighted by atomic mass is 28.3. The zero-order valence-electron chi connectivity index (χ0n) is 7.09. The molecule has 1 aromatic rings. The summed E-state index contributed by atoms with van der Waals surface area (Å²) in [7, 11) is -1.38. The normalized spacial score (nSPS) is 17.3. The highest BCUT2D eigenvalue weighted by Gasteiger charge is 2.39. The van der Waals surface area contributed by atoms with Crippen LogP contribution in [0.3, 0.4) is 0 Å². The zero-order valence-corrected chi connectivity index (χ0v) is 8.09. The van der Waals surface area contributed by atoms with Crippen molar-refractivity contribution in [2.24, 2.45) is 0 Å². The minimum absolute atomic E-state index is 1.20. The summed E-state index contributed by atoms with van der Waals surface area (Å²) in [4.78, 5) is 0. The Morgan fingerprint density at radius 3 is 2.42 bits per heavy atom. The standard InChI is InChI=1S/C11H12Si/c1-3-12(4-2)9-10-7-5-6-8-11(10)12/h3-8H,1-2,9H2. The Labute approximate surface area is 74.3 Å². The highest BCUT2D eigenvalue weighted by molar-refractivity contribution is 7.02. The number of fused-ring (bicyclic) bond motifs is 1. The van der Waals surface area contributed by atoms with Gasteiger partial charge in [-0.15, -0.1) is 13.2 Å². The lowest BCUT2D eigenvalue weighted by atomic mass is 10.2. The van der Waals surface area contributed by atoms with E-state index in [4.69, 9.17) is 0 Å². The Balaban J connectivity index is 2.53. The highest BCUT2D eigenvalue weighted by Crippen LogP contribution is 2.24. The maximum absolute atomic E-state index is 3.92. The van der Waals surface area contributed by atoms with Gasteiger partial charge in [-0.05, 0) is 16.8 Å². The molecule has 0 fully saturated rings. The van der Waals surface area contributed by atoms with Crippen molar-refractivity contribution < 1.29 is 0 Å². The molecule has 2 rings (SSSR count). The van der Waals surface area contributed by atoms with Gasteiger partial charge in [0, 0.05) is 0 Å². The molecule has 0 bridgehead atoms. The number of hydrogen-bond donors (Lipinski definition) is 0. The van der Waals surface area contributed by atoms with Gasteiger partial charge in [0.15, 0.2) is 0 Å². The molecule has 1 heteroatoms. The molecule has 0 N–H and O–H groups in total. The van der Waals surface area contributed by atoms with Crippen LogP contribution >= 0.6 is 0 Å². The summed E-state index contributed by atoms with van der Waals surface area (Å²) in [6.07, 6.45) is 0. The third-order valence-corrected chi connectivity index (χ3v) is 6.64. The van der Waals surface area contributed by atoms with E-state index in [1.165, 1.54) is 16.8 Å². The summed E-state index contributed by atoms with van der Waals surface area (Å²) < 4.78 is 0. The van der Waals surface area contributed by atoms with Crippen LogP contribution in [0.25, 0.3) is 0 Å². The molecule has 0 aromatic heterocycles. The molecule has 12 heavy (non-hydrogen) atoms. The fourth-order valence-corrected chi connectivity index (χ4v) is 4.78. The van der Waals surface area contributed by atoms with Crippen LogP contribution in [-0.2, 0) is 6.04 Å². The topological polar surface area (TPSA) is 0 Å². The molecule has 1 aliphatic rings. The third kappa shape index (κ3) is 0.771. The average molecular weight is 172 g/mol. The first-order chi connectivity index (χ1) is 5.82. The average Bonchev–Trinajstić information content (AvgIpc) is 2.09. The van der Waals surface area contributed by atoms with Gasteiger partial charge in [0.1, 0.15) is 8.07 Å². The van der Waals surface area contributed by atoms with E-state index in [0.717, 1.165) is 0 Å². The lowest BCUT2D eigenvalue weighted by molar-refractivity contribution is 1.30. The van der Waals surface area contributed by atoms with Crippen molar-refractivity contribution in [3.63, 3.8) is 0 Å². The van der Waals surface area contributed by atoms with Crippen LogP contribution < -0.4 is 5.19 Å². The minimum atomic E-state index is -1.38. The van der Waals surface area contributed by atoms with Crippen LogP contribution in [0.15, 0.2) is 48.8 Å². The predicted octanol–water partition coefficient (Wildman–Crippen LogP) is 1.89. The van der Waals surface area contributed by atoms with Crippen LogP contribution in [0.5, 0.6) is 0 Å². The third-order valence-electron chi connectivity index (χ3n) is 2.73. The molecule has 1 aromatic carbocycles. The van der Waals surface area contributed by atoms with Crippen molar-refractivity contribution in [2.75, 3.05) is 0 Å². The number of hydrogen-bond acceptors (Lipinski definition) is 0. The van der Waals surface area contributed by atoms with Crippen molar-refractivity contribution in [1.82, 2.24) is 0 Å². The van der Waals surface area contributed by atoms with Crippen molar-refractivity contribution in [3.05, 3.63) is 54.4 Å². The van der Waals surface area contributed by atoms with Gasteiger partial charge in [-0.25, -0.2) is 0 Å². The first-order valence-electron chi connectivity index (χ1n) is 4.18. The van der Waals surface area contributed by atoms with Crippen LogP contribution in [0.4, 0.5) is 0 Å². The summed E-state index contributed by atoms with van der Waals surface area (Å²) >= 11 is 0. The van der Waals surface area contributed by atoms with Gasteiger partial charge in [-0.1, -0.05) is 35.7 Å². The van der Waals surface area contributed by atoms with E-state index in [2.05, 4.69) is 48.8 Å². The molecule has 0 aliphatic carbocycles. The molecule has 0 saturated carbocycles. The first-order valence-corrected chi connectivity index (χ1v) is 6.54. The first kappa shape index (κ1) is 7.56. The second kappa shape index (κ2) is 2.46. The molecule has 0 nitrogen and oxygen atoms in total. The fraction of sp³-hybridized carbons (Fsp3) is 0.0909. The van der Waals surface area contributed by atoms with Gasteiger partial charge >= 0.3 is 0 Å². The van der Waals surface area contributed by atoms with E-state index in [1.54, 1.807) is 0 Å². The second-order valence-electron chi connectivity index (χ2n) is 3.28. The van der Waals surface area contributed by atoms with Gasteiger partial charge < -0.3 is 0 Å². The molecule has 0 saturated heterocycles. The van der Waals surface area contributed by atoms with Crippen LogP contribution in [0.1, 0.15) is 5.56 Å². The summed E-state index contributed by atoms with van der Waals surface area (Å²) in [6, 6.07) is 9.83. The number of benzene rings is 1. The molecular formula is C11H12Si. The molecule has 60 valence electrons. The molecule has 0 radical (unpaired) electrons. The van der Waals surface area contributed by atoms with E-state index in [-0.39, 0.29) is 0 Å². The molecule has 0 amide bonds. The summed E-state index contributed by atoms with van der Waals surface area (Å²) in [5.74, 6) is 0. The SMILES string of the molecule is C=C[Si]1(C=C)Cc2ccccc21. The Morgan fingerprint density at radius 2 is 1.83 bits per heavy atom. The molecule has 0 atom stereocenters. The van der Waals surface area contributed by atoms with E-state index < -0.39 is 8.07 Å². The van der Waals surface area contributed by atoms with Crippen LogP contribution in [0, 0.1) is 0 Å². The predicted molar refractivity (Wildman–Crippen MR) is 55.9 cm³/mol. The molecule has 0 spiro atoms. The van der Waals surface area contributed by atoms with Crippen LogP contribution in [0.2, 0.25) is 0 Å². The Hall–Kier alpha value is -1.08. The Morgan fingerprint density at radius 1 is 1.17 bits per heavy atom. The van der Waals surface area contributed by atoms with Gasteiger partial charge in [0.05, 0.1) is 0 Å². The fourth-order valence-electron chi connectivity index (χ4n) is 1.88. The second-order valence-corrected chi connectivity index (χ2v) is 7.07. The quantitative estimate of drug-likeness (QED) is 0.598. The largest absolute Gasteiger partial charge is 0.137 e. The van der Waals surface area contributed by atoms with E-state index >= 15 is 0 Å². The monoisotopic (exact) mass is 172 g/mol. The van der Waals surface area contributed by atoms with Gasteiger partial charge in [0.2, 0.25) is 0 Å². The minimum Gasteiger partial charge on any atom is -0.106 e. The lowest BCUT2D eigenvalue weighted by Gasteiger charge is -2.37. The molecule has 0 unspecified atom stereocenters. The Bertz CT molecular complexity index is 331. The maximum atomic E-state index is 3.92. The van der Waals surface area contributed by atoms with Crippen molar-refractivity contribution in [2.45, 2.75) is 6.04 Å². The lowest BCUT2D eigenvalue weighted by Crippen LogP contribution is -2.58. The molecular weight excluding hydrogens is 160 g/mol. The summed E-state index contributed by atoms with van der Waals surface area (Å²) in [5, 5.41) is 1.51. The van der Waals surface area contributed by atoms with Gasteiger partial charge in [0.25, 0.3) is 0 Å². The smallest absolute Gasteiger partial charge is 0.106 e. The van der Waals surface area contributed by atoms with Gasteiger partial charge in [-0.2, -0.15) is 0 Å².